The van der Waals surface area contributed by atoms with Gasteiger partial charge < -0.3 is 19.6 Å². The Morgan fingerprint density at radius 1 is 1.16 bits per heavy atom. The van der Waals surface area contributed by atoms with Crippen molar-refractivity contribution in [3.8, 4) is 0 Å². The van der Waals surface area contributed by atoms with Crippen LogP contribution in [0.15, 0.2) is 15.8 Å². The van der Waals surface area contributed by atoms with Gasteiger partial charge in [0, 0.05) is 18.2 Å². The van der Waals surface area contributed by atoms with E-state index in [0.29, 0.717) is 0 Å². The molecule has 14 nitrogen and oxygen atoms in total. The number of ether oxygens (including phenoxy) is 1. The molecule has 1 fully saturated rings. The Labute approximate surface area is 183 Å². The molecule has 5 unspecified atom stereocenters. The summed E-state index contributed by atoms with van der Waals surface area (Å²) < 4.78 is 49.2. The van der Waals surface area contributed by atoms with Crippen molar-refractivity contribution in [3.05, 3.63) is 32.6 Å². The summed E-state index contributed by atoms with van der Waals surface area (Å²) in [4.78, 5) is 44.8. The molecular formula is C16H28N2O12P2. The van der Waals surface area contributed by atoms with Crippen LogP contribution >= 0.6 is 15.6 Å². The van der Waals surface area contributed by atoms with Crippen molar-refractivity contribution in [3.63, 3.8) is 0 Å². The first-order valence-electron chi connectivity index (χ1n) is 9.54. The summed E-state index contributed by atoms with van der Waals surface area (Å²) in [5.74, 6) is 0. The molecule has 16 heteroatoms. The van der Waals surface area contributed by atoms with Crippen molar-refractivity contribution in [2.24, 2.45) is 0 Å². The van der Waals surface area contributed by atoms with Gasteiger partial charge in [0.25, 0.3) is 5.56 Å². The van der Waals surface area contributed by atoms with E-state index in [-0.39, 0.29) is 12.0 Å². The summed E-state index contributed by atoms with van der Waals surface area (Å²) >= 11 is 0. The molecule has 0 bridgehead atoms. The van der Waals surface area contributed by atoms with Crippen molar-refractivity contribution >= 4 is 15.6 Å². The van der Waals surface area contributed by atoms with Gasteiger partial charge in [0.1, 0.15) is 12.3 Å². The molecule has 1 aliphatic rings. The fraction of sp³-hybridized carbons (Fsp3) is 0.750. The van der Waals surface area contributed by atoms with E-state index in [2.05, 4.69) is 14.0 Å². The normalized spacial score (nSPS) is 25.4. The summed E-state index contributed by atoms with van der Waals surface area (Å²) in [6.45, 7) is 4.49. The highest BCUT2D eigenvalue weighted by atomic mass is 31.2. The Morgan fingerprint density at radius 3 is 2.34 bits per heavy atom. The zero-order valence-corrected chi connectivity index (χ0v) is 19.8. The van der Waals surface area contributed by atoms with Crippen molar-refractivity contribution in [1.29, 1.82) is 0 Å². The first kappa shape index (κ1) is 27.1. The number of aliphatic hydroxyl groups is 1. The van der Waals surface area contributed by atoms with E-state index in [1.165, 1.54) is 13.1 Å². The molecule has 0 aliphatic carbocycles. The average molecular weight is 502 g/mol. The SMILES string of the molecule is Cc1cn(C2CC(O)C(COP(=O)(O)OCCOP(=O)(O)OC(C)(C)C)O2)c(=O)[nH]c1=O. The van der Waals surface area contributed by atoms with Crippen LogP contribution in [0.3, 0.4) is 0 Å². The smallest absolute Gasteiger partial charge is 0.390 e. The predicted molar refractivity (Wildman–Crippen MR) is 109 cm³/mol. The van der Waals surface area contributed by atoms with Gasteiger partial charge in [-0.3, -0.25) is 32.4 Å². The fourth-order valence-corrected chi connectivity index (χ4v) is 4.48. The highest BCUT2D eigenvalue weighted by Crippen LogP contribution is 2.48. The third-order valence-electron chi connectivity index (χ3n) is 4.04. The standard InChI is InChI=1S/C16H28N2O12P2/c1-10-8-18(15(21)17-14(10)20)13-7-11(19)12(29-13)9-28-31(22,23)26-5-6-27-32(24,25)30-16(2,3)4/h8,11-13,19H,5-7,9H2,1-4H3,(H,22,23)(H,24,25)(H,17,20,21). The second-order valence-electron chi connectivity index (χ2n) is 8.01. The molecule has 2 heterocycles. The van der Waals surface area contributed by atoms with E-state index in [0.717, 1.165) is 4.57 Å². The zero-order chi connectivity index (χ0) is 24.3. The lowest BCUT2D eigenvalue weighted by Crippen LogP contribution is -2.33. The zero-order valence-electron chi connectivity index (χ0n) is 18.0. The molecule has 0 amide bonds. The van der Waals surface area contributed by atoms with E-state index >= 15 is 0 Å². The molecule has 1 aliphatic heterocycles. The number of phosphoric ester groups is 2. The van der Waals surface area contributed by atoms with Crippen molar-refractivity contribution in [1.82, 2.24) is 9.55 Å². The fourth-order valence-electron chi connectivity index (χ4n) is 2.72. The largest absolute Gasteiger partial charge is 0.472 e. The monoisotopic (exact) mass is 502 g/mol. The van der Waals surface area contributed by atoms with Gasteiger partial charge in [0.15, 0.2) is 0 Å². The molecule has 1 saturated heterocycles. The molecule has 0 saturated carbocycles. The number of H-pyrrole nitrogens is 1. The molecular weight excluding hydrogens is 474 g/mol. The lowest BCUT2D eigenvalue weighted by molar-refractivity contribution is -0.0469. The molecule has 0 aromatic carbocycles. The number of phosphoric acid groups is 2. The maximum Gasteiger partial charge on any atom is 0.472 e. The first-order chi connectivity index (χ1) is 14.6. The van der Waals surface area contributed by atoms with Gasteiger partial charge in [-0.15, -0.1) is 0 Å². The second-order valence-corrected chi connectivity index (χ2v) is 10.8. The second kappa shape index (κ2) is 10.4. The topological polar surface area (TPSA) is 196 Å². The van der Waals surface area contributed by atoms with Gasteiger partial charge >= 0.3 is 21.3 Å². The van der Waals surface area contributed by atoms with Crippen molar-refractivity contribution < 1.29 is 46.9 Å². The van der Waals surface area contributed by atoms with E-state index in [1.54, 1.807) is 20.8 Å². The minimum Gasteiger partial charge on any atom is -0.390 e. The average Bonchev–Trinajstić information content (AvgIpc) is 2.99. The molecule has 1 aromatic rings. The number of rotatable bonds is 10. The maximum atomic E-state index is 12.0. The molecule has 32 heavy (non-hydrogen) atoms. The van der Waals surface area contributed by atoms with Crippen LogP contribution < -0.4 is 11.2 Å². The van der Waals surface area contributed by atoms with Crippen LogP contribution in [0.2, 0.25) is 0 Å². The van der Waals surface area contributed by atoms with Gasteiger partial charge in [-0.05, 0) is 27.7 Å². The number of aromatic amines is 1. The Kier molecular flexibility index (Phi) is 8.79. The lowest BCUT2D eigenvalue weighted by atomic mass is 10.2. The highest BCUT2D eigenvalue weighted by Gasteiger charge is 2.37. The predicted octanol–water partition coefficient (Wildman–Crippen LogP) is 0.559. The molecule has 184 valence electrons. The quantitative estimate of drug-likeness (QED) is 0.257. The van der Waals surface area contributed by atoms with E-state index in [9.17, 15) is 33.6 Å². The third-order valence-corrected chi connectivity index (χ3v) is 6.32. The van der Waals surface area contributed by atoms with E-state index in [4.69, 9.17) is 13.8 Å². The summed E-state index contributed by atoms with van der Waals surface area (Å²) in [6.07, 6.45) is -1.85. The minimum absolute atomic E-state index is 0.0244. The number of hydrogen-bond donors (Lipinski definition) is 4. The van der Waals surface area contributed by atoms with Crippen molar-refractivity contribution in [2.75, 3.05) is 19.8 Å². The van der Waals surface area contributed by atoms with Gasteiger partial charge in [-0.2, -0.15) is 0 Å². The molecule has 4 N–H and O–H groups in total. The summed E-state index contributed by atoms with van der Waals surface area (Å²) in [7, 11) is -8.99. The molecule has 1 aromatic heterocycles. The van der Waals surface area contributed by atoms with E-state index < -0.39 is 70.8 Å². The number of hydrogen-bond acceptors (Lipinski definition) is 10. The summed E-state index contributed by atoms with van der Waals surface area (Å²) in [6, 6.07) is 0. The maximum absolute atomic E-state index is 12.0. The van der Waals surface area contributed by atoms with Crippen LogP contribution in [0.25, 0.3) is 0 Å². The van der Waals surface area contributed by atoms with Crippen LogP contribution in [0.4, 0.5) is 0 Å². The van der Waals surface area contributed by atoms with Crippen LogP contribution in [-0.2, 0) is 32.0 Å². The third kappa shape index (κ3) is 8.31. The Hall–Kier alpha value is -1.18. The van der Waals surface area contributed by atoms with Gasteiger partial charge in [0.05, 0.1) is 31.5 Å². The molecule has 2 rings (SSSR count). The van der Waals surface area contributed by atoms with Crippen LogP contribution in [0.5, 0.6) is 0 Å². The van der Waals surface area contributed by atoms with Gasteiger partial charge in [-0.25, -0.2) is 13.9 Å². The molecule has 0 radical (unpaired) electrons. The van der Waals surface area contributed by atoms with Crippen LogP contribution in [0.1, 0.15) is 39.0 Å². The van der Waals surface area contributed by atoms with E-state index in [1.807, 2.05) is 0 Å². The minimum atomic E-state index is -4.61. The Bertz CT molecular complexity index is 1000. The summed E-state index contributed by atoms with van der Waals surface area (Å²) in [5, 5.41) is 10.1. The number of nitrogens with zero attached hydrogens (tertiary/aromatic N) is 1. The van der Waals surface area contributed by atoms with Crippen LogP contribution in [-0.4, -0.2) is 62.1 Å². The Balaban J connectivity index is 1.83. The number of aromatic nitrogens is 2. The van der Waals surface area contributed by atoms with Gasteiger partial charge in [0.2, 0.25) is 0 Å². The highest BCUT2D eigenvalue weighted by molar-refractivity contribution is 7.47. The lowest BCUT2D eigenvalue weighted by Gasteiger charge is -2.22. The summed E-state index contributed by atoms with van der Waals surface area (Å²) in [5.41, 5.74) is -1.96. The number of aryl methyl sites for hydroxylation is 1. The Morgan fingerprint density at radius 2 is 1.75 bits per heavy atom. The molecule has 0 spiro atoms. The van der Waals surface area contributed by atoms with Gasteiger partial charge in [-0.1, -0.05) is 0 Å². The van der Waals surface area contributed by atoms with Crippen LogP contribution in [0, 0.1) is 6.92 Å². The molecule has 5 atom stereocenters. The number of aliphatic hydroxyl groups excluding tert-OH is 1. The first-order valence-corrected chi connectivity index (χ1v) is 12.5. The number of nitrogens with one attached hydrogen (secondary N) is 1. The van der Waals surface area contributed by atoms with Crippen molar-refractivity contribution in [2.45, 2.75) is 58.2 Å².